The predicted octanol–water partition coefficient (Wildman–Crippen LogP) is 3.33. The molecular weight excluding hydrogens is 244 g/mol. The number of methoxy groups -OCH3 is 1. The van der Waals surface area contributed by atoms with Crippen LogP contribution in [0, 0.1) is 11.8 Å². The van der Waals surface area contributed by atoms with Crippen molar-refractivity contribution in [2.75, 3.05) is 7.11 Å². The van der Waals surface area contributed by atoms with Gasteiger partial charge in [-0.05, 0) is 33.6 Å². The molecule has 0 aliphatic heterocycles. The second kappa shape index (κ2) is 8.18. The molecule has 0 heterocycles. The van der Waals surface area contributed by atoms with Crippen molar-refractivity contribution in [2.45, 2.75) is 65.9 Å². The summed E-state index contributed by atoms with van der Waals surface area (Å²) in [4.78, 5) is 23.0. The Labute approximate surface area is 116 Å². The summed E-state index contributed by atoms with van der Waals surface area (Å²) in [5.41, 5.74) is -0.426. The van der Waals surface area contributed by atoms with Gasteiger partial charge in [0.2, 0.25) is 0 Å². The van der Waals surface area contributed by atoms with Crippen LogP contribution in [0.1, 0.15) is 60.3 Å². The third-order valence-electron chi connectivity index (χ3n) is 2.94. The van der Waals surface area contributed by atoms with Crippen molar-refractivity contribution < 1.29 is 19.1 Å². The van der Waals surface area contributed by atoms with Gasteiger partial charge in [-0.3, -0.25) is 9.59 Å². The van der Waals surface area contributed by atoms with E-state index in [0.717, 1.165) is 25.7 Å². The molecule has 0 saturated heterocycles. The number of ether oxygens (including phenoxy) is 2. The Morgan fingerprint density at radius 3 is 1.74 bits per heavy atom. The summed E-state index contributed by atoms with van der Waals surface area (Å²) in [6.07, 6.45) is 3.43. The number of rotatable bonds is 7. The Bertz CT molecular complexity index is 291. The Morgan fingerprint density at radius 1 is 0.947 bits per heavy atom. The monoisotopic (exact) mass is 272 g/mol. The zero-order chi connectivity index (χ0) is 15.1. The fraction of sp³-hybridized carbons (Fsp3) is 0.867. The van der Waals surface area contributed by atoms with E-state index < -0.39 is 5.60 Å². The van der Waals surface area contributed by atoms with E-state index >= 15 is 0 Å². The second-order valence-corrected chi connectivity index (χ2v) is 6.14. The molecule has 2 unspecified atom stereocenters. The number of hydrogen-bond acceptors (Lipinski definition) is 4. The van der Waals surface area contributed by atoms with Crippen LogP contribution in [0.4, 0.5) is 0 Å². The minimum Gasteiger partial charge on any atom is -0.469 e. The number of esters is 2. The lowest BCUT2D eigenvalue weighted by Gasteiger charge is -2.22. The van der Waals surface area contributed by atoms with Gasteiger partial charge in [0, 0.05) is 0 Å². The molecule has 112 valence electrons. The fourth-order valence-electron chi connectivity index (χ4n) is 1.74. The summed E-state index contributed by atoms with van der Waals surface area (Å²) in [7, 11) is 1.41. The van der Waals surface area contributed by atoms with Crippen LogP contribution in [0.15, 0.2) is 0 Å². The maximum Gasteiger partial charge on any atom is 0.309 e. The first kappa shape index (κ1) is 17.9. The van der Waals surface area contributed by atoms with Crippen molar-refractivity contribution in [3.63, 3.8) is 0 Å². The molecule has 2 atom stereocenters. The molecule has 0 saturated carbocycles. The van der Waals surface area contributed by atoms with Crippen molar-refractivity contribution in [3.05, 3.63) is 0 Å². The molecule has 0 aromatic heterocycles. The summed E-state index contributed by atoms with van der Waals surface area (Å²) in [5, 5.41) is 0. The van der Waals surface area contributed by atoms with E-state index in [2.05, 4.69) is 4.74 Å². The fourth-order valence-corrected chi connectivity index (χ4v) is 1.74. The average molecular weight is 272 g/mol. The predicted molar refractivity (Wildman–Crippen MR) is 74.7 cm³/mol. The lowest BCUT2D eigenvalue weighted by molar-refractivity contribution is -0.159. The van der Waals surface area contributed by atoms with Crippen molar-refractivity contribution >= 4 is 11.9 Å². The van der Waals surface area contributed by atoms with Crippen molar-refractivity contribution in [2.24, 2.45) is 11.8 Å². The lowest BCUT2D eigenvalue weighted by atomic mass is 9.99. The summed E-state index contributed by atoms with van der Waals surface area (Å²) in [5.74, 6) is -0.469. The van der Waals surface area contributed by atoms with Crippen LogP contribution in [0.3, 0.4) is 0 Å². The van der Waals surface area contributed by atoms with Gasteiger partial charge in [-0.25, -0.2) is 0 Å². The van der Waals surface area contributed by atoms with Gasteiger partial charge >= 0.3 is 11.9 Å². The molecule has 0 fully saturated rings. The molecule has 0 aliphatic carbocycles. The van der Waals surface area contributed by atoms with Gasteiger partial charge in [0.05, 0.1) is 18.9 Å². The quantitative estimate of drug-likeness (QED) is 0.527. The van der Waals surface area contributed by atoms with Gasteiger partial charge in [-0.15, -0.1) is 0 Å². The first-order valence-corrected chi connectivity index (χ1v) is 6.98. The van der Waals surface area contributed by atoms with E-state index in [1.165, 1.54) is 7.11 Å². The minimum atomic E-state index is -0.426. The normalized spacial score (nSPS) is 14.6. The zero-order valence-corrected chi connectivity index (χ0v) is 13.1. The molecule has 19 heavy (non-hydrogen) atoms. The summed E-state index contributed by atoms with van der Waals surface area (Å²) in [6, 6.07) is 0. The maximum atomic E-state index is 11.7. The Hall–Kier alpha value is -1.06. The first-order chi connectivity index (χ1) is 8.67. The molecule has 0 aromatic rings. The maximum absolute atomic E-state index is 11.7. The summed E-state index contributed by atoms with van der Waals surface area (Å²) < 4.78 is 9.99. The van der Waals surface area contributed by atoms with Gasteiger partial charge in [0.15, 0.2) is 0 Å². The molecule has 0 rings (SSSR count). The zero-order valence-electron chi connectivity index (χ0n) is 13.1. The van der Waals surface area contributed by atoms with E-state index in [0.29, 0.717) is 0 Å². The highest BCUT2D eigenvalue weighted by molar-refractivity contribution is 5.72. The van der Waals surface area contributed by atoms with Gasteiger partial charge in [-0.1, -0.05) is 26.7 Å². The van der Waals surface area contributed by atoms with Crippen LogP contribution < -0.4 is 0 Å². The topological polar surface area (TPSA) is 52.6 Å². The molecule has 0 bridgehead atoms. The second-order valence-electron chi connectivity index (χ2n) is 6.14. The number of hydrogen-bond donors (Lipinski definition) is 0. The highest BCUT2D eigenvalue weighted by Crippen LogP contribution is 2.17. The molecule has 0 N–H and O–H groups in total. The third kappa shape index (κ3) is 8.62. The Kier molecular flexibility index (Phi) is 7.72. The summed E-state index contributed by atoms with van der Waals surface area (Å²) >= 11 is 0. The third-order valence-corrected chi connectivity index (χ3v) is 2.94. The molecule has 0 aromatic carbocycles. The Morgan fingerprint density at radius 2 is 1.37 bits per heavy atom. The van der Waals surface area contributed by atoms with Gasteiger partial charge in [-0.2, -0.15) is 0 Å². The van der Waals surface area contributed by atoms with E-state index in [9.17, 15) is 9.59 Å². The number of carbonyl (C=O) groups excluding carboxylic acids is 2. The van der Waals surface area contributed by atoms with Crippen molar-refractivity contribution in [3.8, 4) is 0 Å². The molecule has 0 radical (unpaired) electrons. The smallest absolute Gasteiger partial charge is 0.309 e. The molecule has 4 heteroatoms. The van der Waals surface area contributed by atoms with E-state index in [1.807, 2.05) is 34.6 Å². The lowest BCUT2D eigenvalue weighted by Crippen LogP contribution is -2.27. The average Bonchev–Trinajstić information content (AvgIpc) is 2.30. The molecule has 0 amide bonds. The first-order valence-electron chi connectivity index (χ1n) is 6.98. The number of unbranched alkanes of at least 4 members (excludes halogenated alkanes) is 1. The van der Waals surface area contributed by atoms with Crippen LogP contribution in [-0.4, -0.2) is 24.6 Å². The molecule has 0 aliphatic rings. The van der Waals surface area contributed by atoms with Gasteiger partial charge in [0.25, 0.3) is 0 Å². The largest absolute Gasteiger partial charge is 0.469 e. The van der Waals surface area contributed by atoms with E-state index in [-0.39, 0.29) is 23.8 Å². The van der Waals surface area contributed by atoms with Crippen LogP contribution in [0.5, 0.6) is 0 Å². The SMILES string of the molecule is COC(=O)C(C)CCCCC(C)C(=O)OC(C)(C)C. The minimum absolute atomic E-state index is 0.0677. The highest BCUT2D eigenvalue weighted by atomic mass is 16.6. The van der Waals surface area contributed by atoms with E-state index in [4.69, 9.17) is 4.74 Å². The highest BCUT2D eigenvalue weighted by Gasteiger charge is 2.21. The number of carbonyl (C=O) groups is 2. The van der Waals surface area contributed by atoms with E-state index in [1.54, 1.807) is 0 Å². The van der Waals surface area contributed by atoms with Crippen molar-refractivity contribution in [1.29, 1.82) is 0 Å². The van der Waals surface area contributed by atoms with Crippen LogP contribution in [0.2, 0.25) is 0 Å². The van der Waals surface area contributed by atoms with Crippen LogP contribution >= 0.6 is 0 Å². The summed E-state index contributed by atoms with van der Waals surface area (Å²) in [6.45, 7) is 9.36. The Balaban J connectivity index is 3.83. The van der Waals surface area contributed by atoms with Crippen molar-refractivity contribution in [1.82, 2.24) is 0 Å². The van der Waals surface area contributed by atoms with Gasteiger partial charge in [0.1, 0.15) is 5.60 Å². The van der Waals surface area contributed by atoms with Crippen LogP contribution in [0.25, 0.3) is 0 Å². The van der Waals surface area contributed by atoms with Gasteiger partial charge < -0.3 is 9.47 Å². The van der Waals surface area contributed by atoms with Crippen LogP contribution in [-0.2, 0) is 19.1 Å². The molecule has 0 spiro atoms. The molecular formula is C15H28O4. The molecule has 4 nitrogen and oxygen atoms in total. The standard InChI is InChI=1S/C15H28O4/c1-11(13(16)18-6)9-7-8-10-12(2)14(17)19-15(3,4)5/h11-12H,7-10H2,1-6H3.